The second-order valence-electron chi connectivity index (χ2n) is 3.41. The number of aromatic amines is 1. The predicted octanol–water partition coefficient (Wildman–Crippen LogP) is 0.950. The van der Waals surface area contributed by atoms with Crippen molar-refractivity contribution in [2.45, 2.75) is 6.73 Å². The quantitative estimate of drug-likeness (QED) is 0.766. The molecular formula is C11H14N2O3. The lowest BCUT2D eigenvalue weighted by molar-refractivity contribution is 0.0345. The minimum atomic E-state index is -0.154. The van der Waals surface area contributed by atoms with Crippen molar-refractivity contribution in [3.05, 3.63) is 34.7 Å². The van der Waals surface area contributed by atoms with Crippen LogP contribution in [0, 0.1) is 0 Å². The van der Waals surface area contributed by atoms with Crippen LogP contribution < -0.4 is 5.69 Å². The molecule has 0 saturated heterocycles. The third-order valence-corrected chi connectivity index (χ3v) is 2.33. The van der Waals surface area contributed by atoms with Gasteiger partial charge in [0, 0.05) is 7.11 Å². The highest BCUT2D eigenvalue weighted by Gasteiger charge is 2.04. The van der Waals surface area contributed by atoms with Crippen LogP contribution in [0.5, 0.6) is 0 Å². The molecule has 0 unspecified atom stereocenters. The van der Waals surface area contributed by atoms with Gasteiger partial charge in [-0.15, -0.1) is 0 Å². The van der Waals surface area contributed by atoms with Gasteiger partial charge in [-0.3, -0.25) is 4.57 Å². The van der Waals surface area contributed by atoms with Gasteiger partial charge in [-0.05, 0) is 12.1 Å². The number of imidazole rings is 1. The fourth-order valence-corrected chi connectivity index (χ4v) is 1.53. The Labute approximate surface area is 92.6 Å². The summed E-state index contributed by atoms with van der Waals surface area (Å²) >= 11 is 0. The molecular weight excluding hydrogens is 208 g/mol. The number of benzene rings is 1. The van der Waals surface area contributed by atoms with E-state index < -0.39 is 0 Å². The molecule has 1 heterocycles. The minimum Gasteiger partial charge on any atom is -0.382 e. The molecule has 0 bridgehead atoms. The summed E-state index contributed by atoms with van der Waals surface area (Å²) in [5, 5.41) is 0. The number of nitrogens with zero attached hydrogens (tertiary/aromatic N) is 1. The Morgan fingerprint density at radius 1 is 1.31 bits per heavy atom. The lowest BCUT2D eigenvalue weighted by Crippen LogP contribution is -2.19. The Kier molecular flexibility index (Phi) is 3.38. The number of ether oxygens (including phenoxy) is 2. The fourth-order valence-electron chi connectivity index (χ4n) is 1.53. The maximum Gasteiger partial charge on any atom is 0.328 e. The molecule has 0 amide bonds. The number of hydrogen-bond donors (Lipinski definition) is 1. The second kappa shape index (κ2) is 4.96. The Balaban J connectivity index is 2.16. The highest BCUT2D eigenvalue weighted by molar-refractivity contribution is 5.74. The number of H-pyrrole nitrogens is 1. The molecule has 0 aliphatic rings. The third kappa shape index (κ3) is 2.15. The van der Waals surface area contributed by atoms with Crippen LogP contribution in [0.2, 0.25) is 0 Å². The zero-order chi connectivity index (χ0) is 11.4. The van der Waals surface area contributed by atoms with E-state index in [0.29, 0.717) is 13.2 Å². The van der Waals surface area contributed by atoms with Gasteiger partial charge in [-0.2, -0.15) is 0 Å². The molecule has 0 radical (unpaired) electrons. The van der Waals surface area contributed by atoms with E-state index in [2.05, 4.69) is 4.98 Å². The molecule has 1 aromatic carbocycles. The number of aromatic nitrogens is 2. The maximum absolute atomic E-state index is 11.6. The summed E-state index contributed by atoms with van der Waals surface area (Å²) in [6.45, 7) is 1.24. The van der Waals surface area contributed by atoms with Crippen molar-refractivity contribution in [3.63, 3.8) is 0 Å². The van der Waals surface area contributed by atoms with Gasteiger partial charge in [-0.1, -0.05) is 12.1 Å². The Morgan fingerprint density at radius 3 is 2.94 bits per heavy atom. The van der Waals surface area contributed by atoms with Crippen molar-refractivity contribution >= 4 is 11.0 Å². The fraction of sp³-hybridized carbons (Fsp3) is 0.364. The first-order valence-corrected chi connectivity index (χ1v) is 5.07. The van der Waals surface area contributed by atoms with Gasteiger partial charge < -0.3 is 14.5 Å². The molecule has 5 nitrogen and oxygen atoms in total. The van der Waals surface area contributed by atoms with E-state index in [9.17, 15) is 4.79 Å². The summed E-state index contributed by atoms with van der Waals surface area (Å²) in [4.78, 5) is 14.4. The van der Waals surface area contributed by atoms with Crippen molar-refractivity contribution in [1.29, 1.82) is 0 Å². The maximum atomic E-state index is 11.6. The molecule has 5 heteroatoms. The van der Waals surface area contributed by atoms with Gasteiger partial charge in [0.2, 0.25) is 0 Å². The van der Waals surface area contributed by atoms with Crippen LogP contribution in [0.25, 0.3) is 11.0 Å². The van der Waals surface area contributed by atoms with Gasteiger partial charge in [0.15, 0.2) is 0 Å². The van der Waals surface area contributed by atoms with Gasteiger partial charge in [0.25, 0.3) is 0 Å². The average molecular weight is 222 g/mol. The zero-order valence-electron chi connectivity index (χ0n) is 9.10. The molecule has 0 fully saturated rings. The number of methoxy groups -OCH3 is 1. The Hall–Kier alpha value is -1.59. The predicted molar refractivity (Wildman–Crippen MR) is 60.4 cm³/mol. The number of para-hydroxylation sites is 2. The van der Waals surface area contributed by atoms with Gasteiger partial charge >= 0.3 is 5.69 Å². The number of rotatable bonds is 5. The van der Waals surface area contributed by atoms with Gasteiger partial charge in [0.1, 0.15) is 6.73 Å². The van der Waals surface area contributed by atoms with Crippen LogP contribution in [-0.4, -0.2) is 29.9 Å². The molecule has 86 valence electrons. The molecule has 0 aliphatic carbocycles. The van der Waals surface area contributed by atoms with Crippen molar-refractivity contribution in [2.24, 2.45) is 0 Å². The van der Waals surface area contributed by atoms with Gasteiger partial charge in [-0.25, -0.2) is 4.79 Å². The van der Waals surface area contributed by atoms with E-state index in [0.717, 1.165) is 11.0 Å². The lowest BCUT2D eigenvalue weighted by Gasteiger charge is -2.04. The molecule has 0 aliphatic heterocycles. The lowest BCUT2D eigenvalue weighted by atomic mass is 10.3. The molecule has 1 aromatic heterocycles. The first-order valence-electron chi connectivity index (χ1n) is 5.07. The molecule has 1 N–H and O–H groups in total. The van der Waals surface area contributed by atoms with Crippen molar-refractivity contribution < 1.29 is 9.47 Å². The van der Waals surface area contributed by atoms with Crippen molar-refractivity contribution in [1.82, 2.24) is 9.55 Å². The second-order valence-corrected chi connectivity index (χ2v) is 3.41. The molecule has 2 rings (SSSR count). The summed E-state index contributed by atoms with van der Waals surface area (Å²) in [6.07, 6.45) is 0. The largest absolute Gasteiger partial charge is 0.382 e. The van der Waals surface area contributed by atoms with E-state index in [1.165, 1.54) is 0 Å². The third-order valence-electron chi connectivity index (χ3n) is 2.33. The van der Waals surface area contributed by atoms with Crippen LogP contribution in [-0.2, 0) is 16.2 Å². The highest BCUT2D eigenvalue weighted by Crippen LogP contribution is 2.08. The number of nitrogens with one attached hydrogen (secondary N) is 1. The summed E-state index contributed by atoms with van der Waals surface area (Å²) in [6, 6.07) is 7.52. The normalized spacial score (nSPS) is 11.1. The standard InChI is InChI=1S/C11H14N2O3/c1-15-6-7-16-8-13-10-5-3-2-4-9(10)12-11(13)14/h2-5H,6-8H2,1H3,(H,12,14). The molecule has 16 heavy (non-hydrogen) atoms. The number of hydrogen-bond acceptors (Lipinski definition) is 3. The first-order chi connectivity index (χ1) is 7.83. The Bertz CT molecular complexity index is 515. The van der Waals surface area contributed by atoms with Crippen LogP contribution in [0.3, 0.4) is 0 Å². The van der Waals surface area contributed by atoms with Crippen molar-refractivity contribution in [3.8, 4) is 0 Å². The number of fused-ring (bicyclic) bond motifs is 1. The van der Waals surface area contributed by atoms with Crippen LogP contribution in [0.15, 0.2) is 29.1 Å². The molecule has 0 saturated carbocycles. The Morgan fingerprint density at radius 2 is 2.12 bits per heavy atom. The average Bonchev–Trinajstić information content (AvgIpc) is 2.61. The van der Waals surface area contributed by atoms with E-state index in [4.69, 9.17) is 9.47 Å². The SMILES string of the molecule is COCCOCn1c(=O)[nH]c2ccccc21. The van der Waals surface area contributed by atoms with E-state index in [1.807, 2.05) is 24.3 Å². The summed E-state index contributed by atoms with van der Waals surface area (Å²) in [7, 11) is 1.61. The smallest absolute Gasteiger partial charge is 0.328 e. The van der Waals surface area contributed by atoms with Crippen LogP contribution >= 0.6 is 0 Å². The summed E-state index contributed by atoms with van der Waals surface area (Å²) in [5.74, 6) is 0. The monoisotopic (exact) mass is 222 g/mol. The minimum absolute atomic E-state index is 0.154. The van der Waals surface area contributed by atoms with E-state index in [-0.39, 0.29) is 12.4 Å². The highest BCUT2D eigenvalue weighted by atomic mass is 16.5. The van der Waals surface area contributed by atoms with Gasteiger partial charge in [0.05, 0.1) is 24.2 Å². The van der Waals surface area contributed by atoms with E-state index in [1.54, 1.807) is 11.7 Å². The summed E-state index contributed by atoms with van der Waals surface area (Å²) in [5.41, 5.74) is 1.52. The topological polar surface area (TPSA) is 56.2 Å². The molecule has 0 spiro atoms. The summed E-state index contributed by atoms with van der Waals surface area (Å²) < 4.78 is 11.7. The van der Waals surface area contributed by atoms with E-state index >= 15 is 0 Å². The zero-order valence-corrected chi connectivity index (χ0v) is 9.10. The van der Waals surface area contributed by atoms with Crippen LogP contribution in [0.4, 0.5) is 0 Å². The molecule has 0 atom stereocenters. The van der Waals surface area contributed by atoms with Crippen molar-refractivity contribution in [2.75, 3.05) is 20.3 Å². The molecule has 2 aromatic rings. The van der Waals surface area contributed by atoms with Crippen LogP contribution in [0.1, 0.15) is 0 Å². The first kappa shape index (κ1) is 10.9.